The Morgan fingerprint density at radius 2 is 2.06 bits per heavy atom. The predicted octanol–water partition coefficient (Wildman–Crippen LogP) is 1.95. The molecular weight excluding hydrogens is 238 g/mol. The van der Waals surface area contributed by atoms with Gasteiger partial charge in [-0.05, 0) is 33.8 Å². The quantitative estimate of drug-likeness (QED) is 0.810. The van der Waals surface area contributed by atoms with Crippen molar-refractivity contribution in [2.24, 2.45) is 0 Å². The maximum absolute atomic E-state index is 12.2. The highest BCUT2D eigenvalue weighted by molar-refractivity contribution is 7.86. The molecule has 96 valence electrons. The molecule has 0 radical (unpaired) electrons. The summed E-state index contributed by atoms with van der Waals surface area (Å²) < 4.78 is 17.3. The monoisotopic (exact) mass is 257 g/mol. The number of furan rings is 1. The molecule has 0 aliphatic heterocycles. The van der Waals surface area contributed by atoms with Crippen LogP contribution in [-0.4, -0.2) is 33.4 Å². The van der Waals surface area contributed by atoms with E-state index in [1.54, 1.807) is 24.8 Å². The summed E-state index contributed by atoms with van der Waals surface area (Å²) in [6.07, 6.45) is 1.50. The van der Waals surface area contributed by atoms with Crippen molar-refractivity contribution in [1.29, 1.82) is 0 Å². The summed E-state index contributed by atoms with van der Waals surface area (Å²) in [6, 6.07) is 1.66. The van der Waals surface area contributed by atoms with Crippen LogP contribution in [0.3, 0.4) is 0 Å². The Morgan fingerprint density at radius 1 is 1.47 bits per heavy atom. The van der Waals surface area contributed by atoms with Crippen molar-refractivity contribution in [1.82, 2.24) is 4.90 Å². The molecule has 0 unspecified atom stereocenters. The van der Waals surface area contributed by atoms with E-state index >= 15 is 0 Å². The van der Waals surface area contributed by atoms with Crippen molar-refractivity contribution < 1.29 is 13.4 Å². The number of hydrogen-bond donors (Lipinski definition) is 0. The Morgan fingerprint density at radius 3 is 2.47 bits per heavy atom. The van der Waals surface area contributed by atoms with Crippen LogP contribution >= 0.6 is 0 Å². The van der Waals surface area contributed by atoms with E-state index in [2.05, 4.69) is 0 Å². The normalized spacial score (nSPS) is 14.4. The fraction of sp³-hybridized carbons (Fsp3) is 0.583. The molecule has 0 aliphatic carbocycles. The van der Waals surface area contributed by atoms with Gasteiger partial charge in [0.05, 0.1) is 22.0 Å². The van der Waals surface area contributed by atoms with Crippen molar-refractivity contribution in [3.05, 3.63) is 18.1 Å². The summed E-state index contributed by atoms with van der Waals surface area (Å²) in [5.41, 5.74) is 0. The van der Waals surface area contributed by atoms with Crippen LogP contribution in [0.4, 0.5) is 0 Å². The minimum Gasteiger partial charge on any atom is -0.468 e. The number of nitrogens with zero attached hydrogens (tertiary/aromatic N) is 1. The van der Waals surface area contributed by atoms with Gasteiger partial charge in [-0.3, -0.25) is 9.00 Å². The minimum atomic E-state index is -1.35. The van der Waals surface area contributed by atoms with Gasteiger partial charge in [-0.25, -0.2) is 0 Å². The zero-order chi connectivity index (χ0) is 13.0. The highest BCUT2D eigenvalue weighted by Crippen LogP contribution is 2.18. The molecule has 4 nitrogen and oxygen atoms in total. The average molecular weight is 257 g/mol. The standard InChI is InChI=1S/C12H19NO3S/c1-5-13(6-2)12(14)10(4)17(15)11-7-8-16-9(11)3/h7-8,10H,5-6H2,1-4H3/t10-,17-/m0/s1. The Bertz CT molecular complexity index is 410. The molecule has 0 bridgehead atoms. The maximum Gasteiger partial charge on any atom is 0.238 e. The molecule has 0 aromatic carbocycles. The molecule has 2 atom stereocenters. The number of carbonyl (C=O) groups is 1. The lowest BCUT2D eigenvalue weighted by atomic mass is 10.4. The molecule has 1 aromatic rings. The van der Waals surface area contributed by atoms with Crippen LogP contribution < -0.4 is 0 Å². The number of carbonyl (C=O) groups excluding carboxylic acids is 1. The van der Waals surface area contributed by atoms with Crippen molar-refractivity contribution in [2.75, 3.05) is 13.1 Å². The molecule has 0 saturated heterocycles. The third-order valence-electron chi connectivity index (χ3n) is 2.77. The molecule has 17 heavy (non-hydrogen) atoms. The second-order valence-electron chi connectivity index (χ2n) is 3.79. The van der Waals surface area contributed by atoms with Gasteiger partial charge in [0.15, 0.2) is 0 Å². The first-order valence-electron chi connectivity index (χ1n) is 5.76. The topological polar surface area (TPSA) is 50.5 Å². The molecular formula is C12H19NO3S. The van der Waals surface area contributed by atoms with E-state index in [1.807, 2.05) is 13.8 Å². The van der Waals surface area contributed by atoms with Crippen LogP contribution in [-0.2, 0) is 15.6 Å². The molecule has 0 saturated carbocycles. The molecule has 0 aliphatic rings. The predicted molar refractivity (Wildman–Crippen MR) is 67.2 cm³/mol. The lowest BCUT2D eigenvalue weighted by Crippen LogP contribution is -2.39. The van der Waals surface area contributed by atoms with Crippen LogP contribution in [0.5, 0.6) is 0 Å². The molecule has 0 fully saturated rings. The lowest BCUT2D eigenvalue weighted by molar-refractivity contribution is -0.129. The van der Waals surface area contributed by atoms with Crippen LogP contribution in [0.25, 0.3) is 0 Å². The SMILES string of the molecule is CCN(CC)C(=O)[C@H](C)[S@](=O)c1ccoc1C. The van der Waals surface area contributed by atoms with E-state index in [0.717, 1.165) is 0 Å². The van der Waals surface area contributed by atoms with Gasteiger partial charge in [-0.15, -0.1) is 0 Å². The lowest BCUT2D eigenvalue weighted by Gasteiger charge is -2.22. The Labute approximate surface area is 104 Å². The van der Waals surface area contributed by atoms with Crippen LogP contribution in [0.2, 0.25) is 0 Å². The second kappa shape index (κ2) is 6.00. The third-order valence-corrected chi connectivity index (χ3v) is 4.47. The summed E-state index contributed by atoms with van der Waals surface area (Å²) in [5, 5.41) is -0.536. The van der Waals surface area contributed by atoms with Crippen molar-refractivity contribution in [3.8, 4) is 0 Å². The second-order valence-corrected chi connectivity index (χ2v) is 5.53. The van der Waals surface area contributed by atoms with E-state index in [9.17, 15) is 9.00 Å². The summed E-state index contributed by atoms with van der Waals surface area (Å²) >= 11 is 0. The van der Waals surface area contributed by atoms with Gasteiger partial charge in [-0.2, -0.15) is 0 Å². The van der Waals surface area contributed by atoms with Gasteiger partial charge in [0, 0.05) is 13.1 Å². The summed E-state index contributed by atoms with van der Waals surface area (Å²) in [5.74, 6) is 0.538. The molecule has 1 heterocycles. The van der Waals surface area contributed by atoms with Crippen LogP contribution in [0, 0.1) is 6.92 Å². The van der Waals surface area contributed by atoms with E-state index in [4.69, 9.17) is 4.42 Å². The van der Waals surface area contributed by atoms with Gasteiger partial charge < -0.3 is 9.32 Å². The summed E-state index contributed by atoms with van der Waals surface area (Å²) in [6.45, 7) is 8.56. The van der Waals surface area contributed by atoms with Gasteiger partial charge in [0.1, 0.15) is 11.0 Å². The average Bonchev–Trinajstić information content (AvgIpc) is 2.75. The fourth-order valence-electron chi connectivity index (χ4n) is 1.66. The van der Waals surface area contributed by atoms with Gasteiger partial charge in [-0.1, -0.05) is 0 Å². The van der Waals surface area contributed by atoms with Crippen LogP contribution in [0.15, 0.2) is 21.6 Å². The zero-order valence-corrected chi connectivity index (χ0v) is 11.5. The van der Waals surface area contributed by atoms with E-state index in [-0.39, 0.29) is 5.91 Å². The van der Waals surface area contributed by atoms with Gasteiger partial charge in [0.2, 0.25) is 5.91 Å². The Balaban J connectivity index is 2.84. The smallest absolute Gasteiger partial charge is 0.238 e. The highest BCUT2D eigenvalue weighted by atomic mass is 32.2. The van der Waals surface area contributed by atoms with Crippen molar-refractivity contribution >= 4 is 16.7 Å². The van der Waals surface area contributed by atoms with Crippen molar-refractivity contribution in [2.45, 2.75) is 37.8 Å². The molecule has 1 aromatic heterocycles. The van der Waals surface area contributed by atoms with E-state index in [1.165, 1.54) is 6.26 Å². The molecule has 1 rings (SSSR count). The van der Waals surface area contributed by atoms with Gasteiger partial charge in [0.25, 0.3) is 0 Å². The Hall–Kier alpha value is -1.10. The van der Waals surface area contributed by atoms with Gasteiger partial charge >= 0.3 is 0 Å². The molecule has 0 N–H and O–H groups in total. The van der Waals surface area contributed by atoms with E-state index in [0.29, 0.717) is 23.7 Å². The first kappa shape index (κ1) is 14.0. The summed E-state index contributed by atoms with van der Waals surface area (Å²) in [7, 11) is -1.35. The first-order chi connectivity index (χ1) is 8.02. The highest BCUT2D eigenvalue weighted by Gasteiger charge is 2.26. The molecule has 5 heteroatoms. The third kappa shape index (κ3) is 2.97. The number of hydrogen-bond acceptors (Lipinski definition) is 3. The van der Waals surface area contributed by atoms with E-state index < -0.39 is 16.0 Å². The first-order valence-corrected chi connectivity index (χ1v) is 6.97. The number of rotatable bonds is 5. The molecule has 1 amide bonds. The Kier molecular flexibility index (Phi) is 4.93. The fourth-order valence-corrected chi connectivity index (χ4v) is 2.89. The number of aryl methyl sites for hydroxylation is 1. The maximum atomic E-state index is 12.2. The minimum absolute atomic E-state index is 0.0751. The molecule has 0 spiro atoms. The number of amides is 1. The largest absolute Gasteiger partial charge is 0.468 e. The van der Waals surface area contributed by atoms with Crippen molar-refractivity contribution in [3.63, 3.8) is 0 Å². The summed E-state index contributed by atoms with van der Waals surface area (Å²) in [4.78, 5) is 14.4. The van der Waals surface area contributed by atoms with Crippen LogP contribution in [0.1, 0.15) is 26.5 Å². The zero-order valence-electron chi connectivity index (χ0n) is 10.7.